The number of aromatic nitrogens is 1. The number of carbonyl (C=O) groups is 1. The molecule has 0 saturated carbocycles. The third kappa shape index (κ3) is 3.22. The van der Waals surface area contributed by atoms with Crippen molar-refractivity contribution in [2.75, 3.05) is 0 Å². The topological polar surface area (TPSA) is 34.0 Å². The van der Waals surface area contributed by atoms with Crippen LogP contribution < -0.4 is 5.32 Å². The summed E-state index contributed by atoms with van der Waals surface area (Å²) in [6.07, 6.45) is 0. The van der Waals surface area contributed by atoms with E-state index in [0.29, 0.717) is 6.54 Å². The molecule has 118 valence electrons. The number of benzene rings is 1. The van der Waals surface area contributed by atoms with Crippen LogP contribution in [0.4, 0.5) is 0 Å². The predicted octanol–water partition coefficient (Wildman–Crippen LogP) is 4.39. The van der Waals surface area contributed by atoms with Gasteiger partial charge in [-0.15, -0.1) is 11.3 Å². The highest BCUT2D eigenvalue weighted by Crippen LogP contribution is 2.21. The van der Waals surface area contributed by atoms with Crippen LogP contribution in [0.1, 0.15) is 32.2 Å². The van der Waals surface area contributed by atoms with Gasteiger partial charge in [0, 0.05) is 22.0 Å². The van der Waals surface area contributed by atoms with Crippen LogP contribution in [0, 0.1) is 20.8 Å². The molecule has 2 heterocycles. The average molecular weight is 324 g/mol. The Balaban J connectivity index is 1.86. The second-order valence-corrected chi connectivity index (χ2v) is 6.75. The van der Waals surface area contributed by atoms with Crippen LogP contribution >= 0.6 is 11.3 Å². The Morgan fingerprint density at radius 1 is 1.13 bits per heavy atom. The van der Waals surface area contributed by atoms with E-state index in [1.807, 2.05) is 43.5 Å². The summed E-state index contributed by atoms with van der Waals surface area (Å²) in [5.41, 5.74) is 5.07. The first-order chi connectivity index (χ1) is 11.1. The largest absolute Gasteiger partial charge is 0.347 e. The Bertz CT molecular complexity index is 831. The summed E-state index contributed by atoms with van der Waals surface area (Å²) in [6, 6.07) is 14.3. The molecule has 0 bridgehead atoms. The van der Waals surface area contributed by atoms with Crippen molar-refractivity contribution in [3.05, 3.63) is 75.2 Å². The maximum Gasteiger partial charge on any atom is 0.253 e. The predicted molar refractivity (Wildman–Crippen MR) is 95.5 cm³/mol. The summed E-state index contributed by atoms with van der Waals surface area (Å²) in [7, 11) is 0. The molecule has 2 aromatic heterocycles. The third-order valence-corrected chi connectivity index (χ3v) is 4.82. The zero-order chi connectivity index (χ0) is 16.4. The van der Waals surface area contributed by atoms with Gasteiger partial charge in [0.15, 0.2) is 0 Å². The van der Waals surface area contributed by atoms with Crippen molar-refractivity contribution in [1.29, 1.82) is 0 Å². The first kappa shape index (κ1) is 15.6. The van der Waals surface area contributed by atoms with Crippen molar-refractivity contribution >= 4 is 17.2 Å². The highest BCUT2D eigenvalue weighted by atomic mass is 32.1. The molecule has 3 rings (SSSR count). The second kappa shape index (κ2) is 6.42. The van der Waals surface area contributed by atoms with E-state index in [4.69, 9.17) is 0 Å². The van der Waals surface area contributed by atoms with Gasteiger partial charge in [0.05, 0.1) is 12.1 Å². The van der Waals surface area contributed by atoms with Crippen molar-refractivity contribution in [2.45, 2.75) is 27.3 Å². The lowest BCUT2D eigenvalue weighted by Gasteiger charge is -2.11. The molecule has 0 atom stereocenters. The summed E-state index contributed by atoms with van der Waals surface area (Å²) >= 11 is 1.65. The van der Waals surface area contributed by atoms with Crippen molar-refractivity contribution in [2.24, 2.45) is 0 Å². The van der Waals surface area contributed by atoms with Crippen molar-refractivity contribution < 1.29 is 4.79 Å². The number of carbonyl (C=O) groups excluding carboxylic acids is 1. The van der Waals surface area contributed by atoms with Gasteiger partial charge in [-0.3, -0.25) is 4.79 Å². The molecule has 1 aromatic carbocycles. The number of thiophene rings is 1. The fraction of sp³-hybridized carbons (Fsp3) is 0.211. The lowest BCUT2D eigenvalue weighted by Crippen LogP contribution is -2.22. The van der Waals surface area contributed by atoms with E-state index in [0.717, 1.165) is 27.5 Å². The maximum atomic E-state index is 12.5. The van der Waals surface area contributed by atoms with E-state index in [2.05, 4.69) is 35.0 Å². The minimum atomic E-state index is -0.0228. The summed E-state index contributed by atoms with van der Waals surface area (Å²) in [4.78, 5) is 13.7. The van der Waals surface area contributed by atoms with Gasteiger partial charge >= 0.3 is 0 Å². The molecule has 4 heteroatoms. The minimum Gasteiger partial charge on any atom is -0.347 e. The van der Waals surface area contributed by atoms with Crippen LogP contribution in [0.3, 0.4) is 0 Å². The first-order valence-electron chi connectivity index (χ1n) is 7.63. The Kier molecular flexibility index (Phi) is 4.35. The Morgan fingerprint density at radius 3 is 2.65 bits per heavy atom. The van der Waals surface area contributed by atoms with E-state index in [-0.39, 0.29) is 5.91 Å². The minimum absolute atomic E-state index is 0.0228. The zero-order valence-electron chi connectivity index (χ0n) is 13.6. The van der Waals surface area contributed by atoms with Crippen LogP contribution in [-0.2, 0) is 6.54 Å². The standard InChI is InChI=1S/C19H20N2OS/c1-13-6-4-7-16(10-13)21-14(2)11-18(15(21)3)19(22)20-12-17-8-5-9-23-17/h4-11H,12H2,1-3H3,(H,20,22). The molecule has 0 saturated heterocycles. The molecule has 1 N–H and O–H groups in total. The molecule has 0 spiro atoms. The molecule has 0 fully saturated rings. The number of nitrogens with one attached hydrogen (secondary N) is 1. The van der Waals surface area contributed by atoms with E-state index in [9.17, 15) is 4.79 Å². The number of aryl methyl sites for hydroxylation is 2. The molecule has 0 aliphatic rings. The van der Waals surface area contributed by atoms with Gasteiger partial charge in [0.25, 0.3) is 5.91 Å². The lowest BCUT2D eigenvalue weighted by molar-refractivity contribution is 0.0950. The Hall–Kier alpha value is -2.33. The summed E-state index contributed by atoms with van der Waals surface area (Å²) in [5.74, 6) is -0.0228. The molecule has 3 aromatic rings. The van der Waals surface area contributed by atoms with Gasteiger partial charge in [-0.05, 0) is 56.0 Å². The highest BCUT2D eigenvalue weighted by Gasteiger charge is 2.16. The SMILES string of the molecule is Cc1cccc(-n2c(C)cc(C(=O)NCc3cccs3)c2C)c1. The van der Waals surface area contributed by atoms with Gasteiger partial charge in [-0.1, -0.05) is 18.2 Å². The van der Waals surface area contributed by atoms with Gasteiger partial charge < -0.3 is 9.88 Å². The quantitative estimate of drug-likeness (QED) is 0.758. The lowest BCUT2D eigenvalue weighted by atomic mass is 10.2. The van der Waals surface area contributed by atoms with Crippen LogP contribution in [0.5, 0.6) is 0 Å². The molecule has 1 amide bonds. The average Bonchev–Trinajstić information content (AvgIpc) is 3.13. The molecular weight excluding hydrogens is 304 g/mol. The molecule has 0 aliphatic carbocycles. The Morgan fingerprint density at radius 2 is 1.96 bits per heavy atom. The fourth-order valence-electron chi connectivity index (χ4n) is 2.83. The van der Waals surface area contributed by atoms with E-state index in [1.165, 1.54) is 5.56 Å². The summed E-state index contributed by atoms with van der Waals surface area (Å²) < 4.78 is 2.13. The van der Waals surface area contributed by atoms with Crippen LogP contribution in [0.25, 0.3) is 5.69 Å². The number of hydrogen-bond donors (Lipinski definition) is 1. The van der Waals surface area contributed by atoms with Crippen LogP contribution in [0.2, 0.25) is 0 Å². The van der Waals surface area contributed by atoms with Crippen molar-refractivity contribution in [1.82, 2.24) is 9.88 Å². The highest BCUT2D eigenvalue weighted by molar-refractivity contribution is 7.09. The summed E-state index contributed by atoms with van der Waals surface area (Å²) in [5, 5.41) is 5.02. The molecule has 23 heavy (non-hydrogen) atoms. The molecule has 0 unspecified atom stereocenters. The molecule has 0 radical (unpaired) electrons. The Labute approximate surface area is 140 Å². The van der Waals surface area contributed by atoms with E-state index < -0.39 is 0 Å². The number of hydrogen-bond acceptors (Lipinski definition) is 2. The van der Waals surface area contributed by atoms with Gasteiger partial charge in [0.1, 0.15) is 0 Å². The normalized spacial score (nSPS) is 10.7. The first-order valence-corrected chi connectivity index (χ1v) is 8.51. The molecular formula is C19H20N2OS. The maximum absolute atomic E-state index is 12.5. The van der Waals surface area contributed by atoms with E-state index >= 15 is 0 Å². The summed E-state index contributed by atoms with van der Waals surface area (Å²) in [6.45, 7) is 6.68. The second-order valence-electron chi connectivity index (χ2n) is 5.72. The van der Waals surface area contributed by atoms with Gasteiger partial charge in [0.2, 0.25) is 0 Å². The fourth-order valence-corrected chi connectivity index (χ4v) is 3.48. The smallest absolute Gasteiger partial charge is 0.253 e. The van der Waals surface area contributed by atoms with Crippen LogP contribution in [-0.4, -0.2) is 10.5 Å². The monoisotopic (exact) mass is 324 g/mol. The van der Waals surface area contributed by atoms with E-state index in [1.54, 1.807) is 11.3 Å². The zero-order valence-corrected chi connectivity index (χ0v) is 14.4. The number of nitrogens with zero attached hydrogens (tertiary/aromatic N) is 1. The number of rotatable bonds is 4. The van der Waals surface area contributed by atoms with Gasteiger partial charge in [-0.2, -0.15) is 0 Å². The number of amides is 1. The van der Waals surface area contributed by atoms with Gasteiger partial charge in [-0.25, -0.2) is 0 Å². The molecule has 0 aliphatic heterocycles. The third-order valence-electron chi connectivity index (χ3n) is 3.94. The van der Waals surface area contributed by atoms with Crippen molar-refractivity contribution in [3.63, 3.8) is 0 Å². The molecule has 3 nitrogen and oxygen atoms in total. The van der Waals surface area contributed by atoms with Crippen molar-refractivity contribution in [3.8, 4) is 5.69 Å². The van der Waals surface area contributed by atoms with Crippen LogP contribution in [0.15, 0.2) is 47.8 Å².